The second-order valence-corrected chi connectivity index (χ2v) is 3.62. The molecule has 2 nitrogen and oxygen atoms in total. The van der Waals surface area contributed by atoms with E-state index in [0.717, 1.165) is 6.42 Å². The molecule has 11 heavy (non-hydrogen) atoms. The largest absolute Gasteiger partial charge is 0.396 e. The molecule has 0 radical (unpaired) electrons. The number of rotatable bonds is 4. The molecule has 0 saturated heterocycles. The Morgan fingerprint density at radius 1 is 1.55 bits per heavy atom. The van der Waals surface area contributed by atoms with E-state index in [1.807, 2.05) is 0 Å². The van der Waals surface area contributed by atoms with Crippen molar-refractivity contribution in [3.8, 4) is 0 Å². The third-order valence-electron chi connectivity index (χ3n) is 3.00. The van der Waals surface area contributed by atoms with E-state index in [-0.39, 0.29) is 12.6 Å². The van der Waals surface area contributed by atoms with Gasteiger partial charge in [0.05, 0.1) is 0 Å². The van der Waals surface area contributed by atoms with Gasteiger partial charge in [0.15, 0.2) is 0 Å². The molecule has 1 saturated carbocycles. The van der Waals surface area contributed by atoms with Crippen molar-refractivity contribution >= 4 is 0 Å². The highest BCUT2D eigenvalue weighted by Crippen LogP contribution is 2.32. The zero-order valence-electron chi connectivity index (χ0n) is 7.29. The summed E-state index contributed by atoms with van der Waals surface area (Å²) >= 11 is 0. The third kappa shape index (κ3) is 1.94. The fourth-order valence-electron chi connectivity index (χ4n) is 1.73. The number of nitrogens with two attached hydrogens (primary N) is 1. The Morgan fingerprint density at radius 2 is 2.18 bits per heavy atom. The van der Waals surface area contributed by atoms with Crippen LogP contribution in [0.1, 0.15) is 32.6 Å². The lowest BCUT2D eigenvalue weighted by Gasteiger charge is -2.35. The Hall–Kier alpha value is -0.0800. The molecule has 0 spiro atoms. The van der Waals surface area contributed by atoms with Crippen molar-refractivity contribution < 1.29 is 5.11 Å². The first-order valence-corrected chi connectivity index (χ1v) is 4.66. The number of hydrogen-bond acceptors (Lipinski definition) is 2. The zero-order valence-corrected chi connectivity index (χ0v) is 7.29. The van der Waals surface area contributed by atoms with Crippen LogP contribution in [0, 0.1) is 11.8 Å². The molecule has 66 valence electrons. The summed E-state index contributed by atoms with van der Waals surface area (Å²) in [4.78, 5) is 0. The van der Waals surface area contributed by atoms with Gasteiger partial charge in [-0.25, -0.2) is 0 Å². The van der Waals surface area contributed by atoms with Gasteiger partial charge in [-0.3, -0.25) is 0 Å². The molecule has 2 unspecified atom stereocenters. The van der Waals surface area contributed by atoms with Crippen molar-refractivity contribution in [1.29, 1.82) is 0 Å². The van der Waals surface area contributed by atoms with Gasteiger partial charge in [-0.1, -0.05) is 13.3 Å². The summed E-state index contributed by atoms with van der Waals surface area (Å²) in [5, 5.41) is 8.98. The van der Waals surface area contributed by atoms with E-state index in [1.54, 1.807) is 0 Å². The minimum absolute atomic E-state index is 0.249. The van der Waals surface area contributed by atoms with Crippen LogP contribution >= 0.6 is 0 Å². The second-order valence-electron chi connectivity index (χ2n) is 3.62. The van der Waals surface area contributed by atoms with Crippen LogP contribution in [0.5, 0.6) is 0 Å². The van der Waals surface area contributed by atoms with Crippen molar-refractivity contribution in [1.82, 2.24) is 0 Å². The molecule has 1 rings (SSSR count). The smallest absolute Gasteiger partial charge is 0.0474 e. The third-order valence-corrected chi connectivity index (χ3v) is 3.00. The predicted octanol–water partition coefficient (Wildman–Crippen LogP) is 1.13. The average molecular weight is 157 g/mol. The summed E-state index contributed by atoms with van der Waals surface area (Å²) in [6.45, 7) is 2.35. The molecule has 1 fully saturated rings. The Kier molecular flexibility index (Phi) is 3.34. The Balaban J connectivity index is 2.30. The monoisotopic (exact) mass is 157 g/mol. The fourth-order valence-corrected chi connectivity index (χ4v) is 1.73. The number of hydrogen-bond donors (Lipinski definition) is 2. The average Bonchev–Trinajstić information content (AvgIpc) is 1.86. The van der Waals surface area contributed by atoms with E-state index in [2.05, 4.69) is 6.92 Å². The van der Waals surface area contributed by atoms with Gasteiger partial charge in [0.2, 0.25) is 0 Å². The molecule has 0 aromatic rings. The SMILES string of the molecule is CCC(CO)C(N)C1CCC1. The molecule has 0 aromatic heterocycles. The lowest BCUT2D eigenvalue weighted by Crippen LogP contribution is -2.42. The van der Waals surface area contributed by atoms with Crippen LogP contribution < -0.4 is 5.73 Å². The Labute approximate surface area is 68.8 Å². The fraction of sp³-hybridized carbons (Fsp3) is 1.00. The normalized spacial score (nSPS) is 24.3. The molecular formula is C9H19NO. The van der Waals surface area contributed by atoms with Crippen molar-refractivity contribution in [2.45, 2.75) is 38.6 Å². The second kappa shape index (κ2) is 4.07. The summed E-state index contributed by atoms with van der Waals surface area (Å²) in [5.41, 5.74) is 5.98. The van der Waals surface area contributed by atoms with Crippen LogP contribution in [-0.4, -0.2) is 17.8 Å². The van der Waals surface area contributed by atoms with Gasteiger partial charge in [0, 0.05) is 12.6 Å². The van der Waals surface area contributed by atoms with Crippen molar-refractivity contribution in [3.05, 3.63) is 0 Å². The number of aliphatic hydroxyl groups excluding tert-OH is 1. The Morgan fingerprint density at radius 3 is 2.45 bits per heavy atom. The molecule has 0 bridgehead atoms. The van der Waals surface area contributed by atoms with Crippen LogP contribution in [0.15, 0.2) is 0 Å². The first kappa shape index (κ1) is 9.01. The topological polar surface area (TPSA) is 46.2 Å². The minimum Gasteiger partial charge on any atom is -0.396 e. The van der Waals surface area contributed by atoms with Crippen molar-refractivity contribution in [2.24, 2.45) is 17.6 Å². The van der Waals surface area contributed by atoms with Crippen molar-refractivity contribution in [2.75, 3.05) is 6.61 Å². The highest BCUT2D eigenvalue weighted by molar-refractivity contribution is 4.84. The van der Waals surface area contributed by atoms with E-state index in [1.165, 1.54) is 19.3 Å². The molecule has 2 atom stereocenters. The van der Waals surface area contributed by atoms with Crippen LogP contribution in [0.25, 0.3) is 0 Å². The highest BCUT2D eigenvalue weighted by atomic mass is 16.3. The van der Waals surface area contributed by atoms with E-state index < -0.39 is 0 Å². The summed E-state index contributed by atoms with van der Waals surface area (Å²) in [6.07, 6.45) is 4.89. The molecule has 0 aromatic carbocycles. The molecule has 2 heteroatoms. The summed E-state index contributed by atoms with van der Waals surface area (Å²) in [6, 6.07) is 0.249. The predicted molar refractivity (Wildman–Crippen MR) is 46.2 cm³/mol. The molecule has 1 aliphatic rings. The van der Waals surface area contributed by atoms with Gasteiger partial charge in [-0.05, 0) is 31.1 Å². The summed E-state index contributed by atoms with van der Waals surface area (Å²) in [7, 11) is 0. The molecule has 0 amide bonds. The molecule has 0 heterocycles. The van der Waals surface area contributed by atoms with Gasteiger partial charge in [-0.15, -0.1) is 0 Å². The van der Waals surface area contributed by atoms with Gasteiger partial charge < -0.3 is 10.8 Å². The van der Waals surface area contributed by atoms with Gasteiger partial charge in [0.1, 0.15) is 0 Å². The van der Waals surface area contributed by atoms with Crippen molar-refractivity contribution in [3.63, 3.8) is 0 Å². The first-order chi connectivity index (χ1) is 5.29. The maximum Gasteiger partial charge on any atom is 0.0474 e. The zero-order chi connectivity index (χ0) is 8.27. The van der Waals surface area contributed by atoms with E-state index in [0.29, 0.717) is 11.8 Å². The summed E-state index contributed by atoms with van der Waals surface area (Å²) in [5.74, 6) is 1.03. The van der Waals surface area contributed by atoms with Gasteiger partial charge in [0.25, 0.3) is 0 Å². The summed E-state index contributed by atoms with van der Waals surface area (Å²) < 4.78 is 0. The van der Waals surface area contributed by atoms with Crippen LogP contribution in [0.4, 0.5) is 0 Å². The molecule has 0 aliphatic heterocycles. The van der Waals surface area contributed by atoms with E-state index in [9.17, 15) is 0 Å². The van der Waals surface area contributed by atoms with E-state index in [4.69, 9.17) is 10.8 Å². The number of aliphatic hydroxyl groups is 1. The van der Waals surface area contributed by atoms with E-state index >= 15 is 0 Å². The maximum atomic E-state index is 8.98. The van der Waals surface area contributed by atoms with Crippen LogP contribution in [0.2, 0.25) is 0 Å². The highest BCUT2D eigenvalue weighted by Gasteiger charge is 2.28. The molecule has 3 N–H and O–H groups in total. The van der Waals surface area contributed by atoms with Gasteiger partial charge in [-0.2, -0.15) is 0 Å². The van der Waals surface area contributed by atoms with Crippen LogP contribution in [0.3, 0.4) is 0 Å². The van der Waals surface area contributed by atoms with Gasteiger partial charge >= 0.3 is 0 Å². The molecular weight excluding hydrogens is 138 g/mol. The quantitative estimate of drug-likeness (QED) is 0.642. The first-order valence-electron chi connectivity index (χ1n) is 4.66. The molecule has 1 aliphatic carbocycles. The minimum atomic E-state index is 0.249. The lowest BCUT2D eigenvalue weighted by atomic mass is 9.75. The standard InChI is InChI=1S/C9H19NO/c1-2-7(6-11)9(10)8-4-3-5-8/h7-9,11H,2-6,10H2,1H3. The van der Waals surface area contributed by atoms with Crippen LogP contribution in [-0.2, 0) is 0 Å². The maximum absolute atomic E-state index is 8.98. The lowest BCUT2D eigenvalue weighted by molar-refractivity contribution is 0.140. The Bertz CT molecular complexity index is 108.